The minimum atomic E-state index is -1.36. The van der Waals surface area contributed by atoms with Crippen molar-refractivity contribution in [2.45, 2.75) is 5.25 Å². The van der Waals surface area contributed by atoms with E-state index < -0.39 is 16.7 Å². The number of carbonyl (C=O) groups is 1. The fourth-order valence-electron chi connectivity index (χ4n) is 2.42. The van der Waals surface area contributed by atoms with E-state index in [0.717, 1.165) is 37.6 Å². The Kier molecular flexibility index (Phi) is 8.31. The second-order valence-corrected chi connectivity index (χ2v) is 6.94. The minimum absolute atomic E-state index is 0.131. The molecular weight excluding hydrogens is 338 g/mol. The monoisotopic (exact) mass is 361 g/mol. The minimum Gasteiger partial charge on any atom is -0.377 e. The molecule has 0 bridgehead atoms. The van der Waals surface area contributed by atoms with E-state index in [1.165, 1.54) is 0 Å². The number of rotatable bonds is 5. The molecule has 1 heterocycles. The Balaban J connectivity index is 0.000000316. The number of nitrogens with two attached hydrogens (primary N) is 1. The van der Waals surface area contributed by atoms with Gasteiger partial charge in [-0.05, 0) is 11.1 Å². The normalized spacial score (nSPS) is 15.1. The molecule has 2 aromatic carbocycles. The first-order valence-electron chi connectivity index (χ1n) is 8.09. The van der Waals surface area contributed by atoms with Gasteiger partial charge in [-0.1, -0.05) is 60.7 Å². The molecule has 1 amide bonds. The van der Waals surface area contributed by atoms with Crippen LogP contribution in [0.15, 0.2) is 60.7 Å². The van der Waals surface area contributed by atoms with Crippen molar-refractivity contribution in [1.29, 1.82) is 0 Å². The smallest absolute Gasteiger partial charge is 0.230 e. The molecule has 0 spiro atoms. The number of hydrogen-bond acceptors (Lipinski definition) is 4. The molecule has 0 saturated carbocycles. The van der Waals surface area contributed by atoms with Gasteiger partial charge in [-0.3, -0.25) is 9.00 Å². The van der Waals surface area contributed by atoms with Crippen molar-refractivity contribution in [3.63, 3.8) is 0 Å². The van der Waals surface area contributed by atoms with E-state index in [0.29, 0.717) is 0 Å². The van der Waals surface area contributed by atoms with Gasteiger partial charge in [0.2, 0.25) is 5.91 Å². The Hall–Kier alpha value is -2.02. The second-order valence-electron chi connectivity index (χ2n) is 5.42. The van der Waals surface area contributed by atoms with E-state index in [9.17, 15) is 9.00 Å². The summed E-state index contributed by atoms with van der Waals surface area (Å²) in [4.78, 5) is 11.0. The van der Waals surface area contributed by atoms with Crippen molar-refractivity contribution < 1.29 is 18.5 Å². The van der Waals surface area contributed by atoms with Crippen LogP contribution in [-0.4, -0.2) is 42.3 Å². The maximum Gasteiger partial charge on any atom is 0.230 e. The molecule has 0 aromatic heterocycles. The van der Waals surface area contributed by atoms with E-state index in [2.05, 4.69) is 0 Å². The van der Waals surface area contributed by atoms with E-state index in [1.807, 2.05) is 60.7 Å². The number of amides is 1. The predicted octanol–water partition coefficient (Wildman–Crippen LogP) is 2.04. The summed E-state index contributed by atoms with van der Waals surface area (Å²) in [5.74, 6) is -0.677. The summed E-state index contributed by atoms with van der Waals surface area (Å²) >= 11 is 0. The average Bonchev–Trinajstić information content (AvgIpc) is 2.65. The van der Waals surface area contributed by atoms with Gasteiger partial charge >= 0.3 is 0 Å². The molecule has 0 aliphatic carbocycles. The zero-order valence-corrected chi connectivity index (χ0v) is 14.8. The first-order valence-corrected chi connectivity index (χ1v) is 9.47. The summed E-state index contributed by atoms with van der Waals surface area (Å²) in [6.07, 6.45) is 0. The standard InChI is InChI=1S/C15H15NO2S.C4H8O2/c16-14(17)11-19(18)15(12-7-3-1-4-8-12)13-9-5-2-6-10-13;1-2-6-4-3-5-1/h1-10,15H,11H2,(H2,16,17);1-4H2. The summed E-state index contributed by atoms with van der Waals surface area (Å²) in [5, 5.41) is -0.324. The van der Waals surface area contributed by atoms with Gasteiger partial charge in [-0.2, -0.15) is 0 Å². The lowest BCUT2D eigenvalue weighted by Crippen LogP contribution is -2.23. The van der Waals surface area contributed by atoms with Crippen molar-refractivity contribution in [2.24, 2.45) is 5.73 Å². The first-order chi connectivity index (χ1) is 12.2. The molecule has 2 aromatic rings. The maximum absolute atomic E-state index is 12.4. The van der Waals surface area contributed by atoms with Gasteiger partial charge in [0.25, 0.3) is 0 Å². The van der Waals surface area contributed by atoms with Crippen molar-refractivity contribution in [3.8, 4) is 0 Å². The third-order valence-corrected chi connectivity index (χ3v) is 5.14. The van der Waals surface area contributed by atoms with E-state index >= 15 is 0 Å². The summed E-state index contributed by atoms with van der Waals surface area (Å²) in [7, 11) is -1.36. The van der Waals surface area contributed by atoms with Crippen molar-refractivity contribution in [1.82, 2.24) is 0 Å². The number of carbonyl (C=O) groups excluding carboxylic acids is 1. The summed E-state index contributed by atoms with van der Waals surface area (Å²) in [6.45, 7) is 3.11. The van der Waals surface area contributed by atoms with Crippen molar-refractivity contribution in [3.05, 3.63) is 71.8 Å². The fourth-order valence-corrected chi connectivity index (χ4v) is 3.78. The molecule has 1 aliphatic rings. The molecule has 0 radical (unpaired) electrons. The lowest BCUT2D eigenvalue weighted by atomic mass is 10.0. The summed E-state index contributed by atoms with van der Waals surface area (Å²) < 4.78 is 22.3. The Morgan fingerprint density at radius 3 is 1.60 bits per heavy atom. The molecule has 3 rings (SSSR count). The Morgan fingerprint density at radius 1 is 0.880 bits per heavy atom. The third-order valence-electron chi connectivity index (χ3n) is 3.50. The molecule has 25 heavy (non-hydrogen) atoms. The molecule has 5 nitrogen and oxygen atoms in total. The van der Waals surface area contributed by atoms with E-state index in [1.54, 1.807) is 0 Å². The highest BCUT2D eigenvalue weighted by Gasteiger charge is 2.22. The largest absolute Gasteiger partial charge is 0.377 e. The third kappa shape index (κ3) is 6.78. The molecular formula is C19H23NO4S. The maximum atomic E-state index is 12.4. The van der Waals surface area contributed by atoms with Crippen LogP contribution in [0.3, 0.4) is 0 Å². The van der Waals surface area contributed by atoms with Crippen LogP contribution in [0, 0.1) is 0 Å². The van der Waals surface area contributed by atoms with Crippen LogP contribution in [-0.2, 0) is 25.1 Å². The van der Waals surface area contributed by atoms with Crippen LogP contribution < -0.4 is 5.73 Å². The molecule has 134 valence electrons. The summed E-state index contributed by atoms with van der Waals surface area (Å²) in [5.41, 5.74) is 7.00. The highest BCUT2D eigenvalue weighted by molar-refractivity contribution is 7.86. The predicted molar refractivity (Wildman–Crippen MR) is 98.6 cm³/mol. The number of ether oxygens (including phenoxy) is 2. The van der Waals surface area contributed by atoms with Crippen molar-refractivity contribution >= 4 is 16.7 Å². The SMILES string of the molecule is C1COCCO1.NC(=O)CS(=O)C(c1ccccc1)c1ccccc1. The van der Waals surface area contributed by atoms with E-state index in [4.69, 9.17) is 15.2 Å². The quantitative estimate of drug-likeness (QED) is 0.884. The number of hydrogen-bond donors (Lipinski definition) is 1. The van der Waals surface area contributed by atoms with Crippen LogP contribution in [0.2, 0.25) is 0 Å². The molecule has 1 fully saturated rings. The van der Waals surface area contributed by atoms with Gasteiger partial charge in [-0.15, -0.1) is 0 Å². The molecule has 1 atom stereocenters. The van der Waals surface area contributed by atoms with Crippen LogP contribution in [0.5, 0.6) is 0 Å². The van der Waals surface area contributed by atoms with E-state index in [-0.39, 0.29) is 11.0 Å². The molecule has 2 N–H and O–H groups in total. The zero-order chi connectivity index (χ0) is 17.9. The van der Waals surface area contributed by atoms with Crippen LogP contribution in [0.1, 0.15) is 16.4 Å². The highest BCUT2D eigenvalue weighted by Crippen LogP contribution is 2.28. The van der Waals surface area contributed by atoms with Gasteiger partial charge in [0.1, 0.15) is 5.75 Å². The topological polar surface area (TPSA) is 78.6 Å². The van der Waals surface area contributed by atoms with Crippen molar-refractivity contribution in [2.75, 3.05) is 32.2 Å². The molecule has 1 saturated heterocycles. The fraction of sp³-hybridized carbons (Fsp3) is 0.316. The Labute approximate surface area is 150 Å². The average molecular weight is 361 g/mol. The van der Waals surface area contributed by atoms with Crippen LogP contribution >= 0.6 is 0 Å². The zero-order valence-electron chi connectivity index (χ0n) is 14.0. The lowest BCUT2D eigenvalue weighted by molar-refractivity contribution is -0.115. The molecule has 6 heteroatoms. The highest BCUT2D eigenvalue weighted by atomic mass is 32.2. The number of benzene rings is 2. The van der Waals surface area contributed by atoms with Crippen LogP contribution in [0.4, 0.5) is 0 Å². The van der Waals surface area contributed by atoms with Crippen LogP contribution in [0.25, 0.3) is 0 Å². The van der Waals surface area contributed by atoms with Gasteiger partial charge in [0.05, 0.1) is 31.7 Å². The van der Waals surface area contributed by atoms with Gasteiger partial charge < -0.3 is 15.2 Å². The lowest BCUT2D eigenvalue weighted by Gasteiger charge is -2.16. The van der Waals surface area contributed by atoms with Gasteiger partial charge in [0.15, 0.2) is 0 Å². The summed E-state index contributed by atoms with van der Waals surface area (Å²) in [6, 6.07) is 19.0. The second kappa shape index (κ2) is 10.8. The molecule has 1 aliphatic heterocycles. The number of primary amides is 1. The van der Waals surface area contributed by atoms with Gasteiger partial charge in [0, 0.05) is 10.8 Å². The first kappa shape index (κ1) is 19.3. The molecule has 1 unspecified atom stereocenters. The Morgan fingerprint density at radius 2 is 1.28 bits per heavy atom. The Bertz CT molecular complexity index is 609. The van der Waals surface area contributed by atoms with Gasteiger partial charge in [-0.25, -0.2) is 0 Å².